The number of nitrogens with zero attached hydrogens (tertiary/aromatic N) is 1. The van der Waals surface area contributed by atoms with Gasteiger partial charge in [-0.25, -0.2) is 0 Å². The van der Waals surface area contributed by atoms with Gasteiger partial charge in [-0.1, -0.05) is 11.6 Å². The van der Waals surface area contributed by atoms with Gasteiger partial charge in [-0.15, -0.1) is 0 Å². The molecule has 5 heteroatoms. The van der Waals surface area contributed by atoms with Gasteiger partial charge in [0, 0.05) is 5.56 Å². The van der Waals surface area contributed by atoms with Crippen LogP contribution in [0.1, 0.15) is 11.1 Å². The fraction of sp³-hybridized carbons (Fsp3) is 0.250. The zero-order valence-corrected chi connectivity index (χ0v) is 7.92. The third-order valence-corrected chi connectivity index (χ3v) is 2.39. The van der Waals surface area contributed by atoms with E-state index >= 15 is 0 Å². The molecule has 0 atom stereocenters. The Labute approximate surface area is 79.9 Å². The van der Waals surface area contributed by atoms with E-state index in [2.05, 4.69) is 0 Å². The first-order valence-corrected chi connectivity index (χ1v) is 3.96. The smallest absolute Gasteiger partial charge is 0.315 e. The van der Waals surface area contributed by atoms with Crippen LogP contribution in [-0.2, 0) is 0 Å². The number of nitro benzene ring substituents is 1. The third kappa shape index (κ3) is 1.58. The van der Waals surface area contributed by atoms with E-state index in [1.165, 1.54) is 13.0 Å². The minimum Gasteiger partial charge on any atom is -0.502 e. The predicted molar refractivity (Wildman–Crippen MR) is 49.2 cm³/mol. The highest BCUT2D eigenvalue weighted by atomic mass is 35.5. The molecule has 1 aromatic rings. The first-order valence-electron chi connectivity index (χ1n) is 3.58. The maximum atomic E-state index is 10.5. The first kappa shape index (κ1) is 9.80. The van der Waals surface area contributed by atoms with Crippen molar-refractivity contribution in [3.8, 4) is 5.75 Å². The molecule has 1 rings (SSSR count). The monoisotopic (exact) mass is 201 g/mol. The van der Waals surface area contributed by atoms with Crippen molar-refractivity contribution < 1.29 is 10.0 Å². The Hall–Kier alpha value is -1.29. The second-order valence-corrected chi connectivity index (χ2v) is 3.14. The Kier molecular flexibility index (Phi) is 2.43. The van der Waals surface area contributed by atoms with Gasteiger partial charge in [0.2, 0.25) is 0 Å². The second-order valence-electron chi connectivity index (χ2n) is 2.76. The average molecular weight is 202 g/mol. The Bertz CT molecular complexity index is 376. The molecule has 0 aliphatic rings. The maximum absolute atomic E-state index is 10.5. The van der Waals surface area contributed by atoms with E-state index in [1.54, 1.807) is 6.92 Å². The van der Waals surface area contributed by atoms with Gasteiger partial charge in [0.05, 0.1) is 9.95 Å². The first-order chi connectivity index (χ1) is 5.95. The van der Waals surface area contributed by atoms with Crippen LogP contribution in [0, 0.1) is 24.0 Å². The van der Waals surface area contributed by atoms with Gasteiger partial charge in [0.15, 0.2) is 5.75 Å². The highest BCUT2D eigenvalue weighted by Gasteiger charge is 2.20. The lowest BCUT2D eigenvalue weighted by Gasteiger charge is -2.04. The van der Waals surface area contributed by atoms with Gasteiger partial charge >= 0.3 is 5.69 Å². The summed E-state index contributed by atoms with van der Waals surface area (Å²) in [5.41, 5.74) is 0.599. The van der Waals surface area contributed by atoms with Crippen LogP contribution in [0.4, 0.5) is 5.69 Å². The lowest BCUT2D eigenvalue weighted by molar-refractivity contribution is -0.386. The van der Waals surface area contributed by atoms with Crippen molar-refractivity contribution in [3.05, 3.63) is 32.3 Å². The number of phenols is 1. The zero-order chi connectivity index (χ0) is 10.2. The average Bonchev–Trinajstić information content (AvgIpc) is 1.99. The molecule has 0 saturated carbocycles. The Morgan fingerprint density at radius 2 is 2.08 bits per heavy atom. The van der Waals surface area contributed by atoms with Gasteiger partial charge in [-0.05, 0) is 25.5 Å². The van der Waals surface area contributed by atoms with E-state index < -0.39 is 4.92 Å². The minimum atomic E-state index is -0.643. The van der Waals surface area contributed by atoms with Gasteiger partial charge < -0.3 is 5.11 Å². The molecule has 0 aliphatic carbocycles. The summed E-state index contributed by atoms with van der Waals surface area (Å²) in [6.45, 7) is 3.19. The van der Waals surface area contributed by atoms with Crippen LogP contribution in [0.15, 0.2) is 6.07 Å². The van der Waals surface area contributed by atoms with E-state index in [-0.39, 0.29) is 11.4 Å². The molecular weight excluding hydrogens is 194 g/mol. The number of hydrogen-bond acceptors (Lipinski definition) is 3. The SMILES string of the molecule is Cc1cc(O)c([N+](=O)[O-])c(C)c1Cl. The molecule has 1 aromatic carbocycles. The molecule has 1 N–H and O–H groups in total. The van der Waals surface area contributed by atoms with Crippen molar-refractivity contribution in [2.24, 2.45) is 0 Å². The van der Waals surface area contributed by atoms with Crippen molar-refractivity contribution in [1.82, 2.24) is 0 Å². The lowest BCUT2D eigenvalue weighted by Crippen LogP contribution is -1.94. The summed E-state index contributed by atoms with van der Waals surface area (Å²) < 4.78 is 0. The molecule has 0 bridgehead atoms. The molecule has 0 radical (unpaired) electrons. The van der Waals surface area contributed by atoms with E-state index in [0.717, 1.165) is 0 Å². The quantitative estimate of drug-likeness (QED) is 0.561. The number of rotatable bonds is 1. The van der Waals surface area contributed by atoms with Crippen molar-refractivity contribution in [2.75, 3.05) is 0 Å². The number of aryl methyl sites for hydroxylation is 1. The number of hydrogen-bond donors (Lipinski definition) is 1. The number of aromatic hydroxyl groups is 1. The molecule has 0 aliphatic heterocycles. The Morgan fingerprint density at radius 3 is 2.54 bits per heavy atom. The normalized spacial score (nSPS) is 10.1. The molecular formula is C8H8ClNO3. The third-order valence-electron chi connectivity index (χ3n) is 1.81. The number of nitro groups is 1. The number of phenolic OH excluding ortho intramolecular Hbond substituents is 1. The molecule has 0 spiro atoms. The van der Waals surface area contributed by atoms with Crippen molar-refractivity contribution in [1.29, 1.82) is 0 Å². The van der Waals surface area contributed by atoms with Gasteiger partial charge in [0.1, 0.15) is 0 Å². The summed E-state index contributed by atoms with van der Waals surface area (Å²) in [6.07, 6.45) is 0. The fourth-order valence-corrected chi connectivity index (χ4v) is 1.30. The summed E-state index contributed by atoms with van der Waals surface area (Å²) in [5, 5.41) is 20.1. The van der Waals surface area contributed by atoms with Crippen LogP contribution in [0.5, 0.6) is 5.75 Å². The van der Waals surface area contributed by atoms with Crippen molar-refractivity contribution in [2.45, 2.75) is 13.8 Å². The molecule has 0 fully saturated rings. The summed E-state index contributed by atoms with van der Waals surface area (Å²) in [6, 6.07) is 1.29. The fourth-order valence-electron chi connectivity index (χ4n) is 1.16. The van der Waals surface area contributed by atoms with E-state index in [4.69, 9.17) is 11.6 Å². The van der Waals surface area contributed by atoms with Gasteiger partial charge in [-0.2, -0.15) is 0 Å². The molecule has 70 valence electrons. The molecule has 0 amide bonds. The Morgan fingerprint density at radius 1 is 1.54 bits per heavy atom. The van der Waals surface area contributed by atoms with Crippen molar-refractivity contribution in [3.63, 3.8) is 0 Å². The summed E-state index contributed by atoms with van der Waals surface area (Å²) in [7, 11) is 0. The van der Waals surface area contributed by atoms with Crippen LogP contribution < -0.4 is 0 Å². The van der Waals surface area contributed by atoms with Crippen molar-refractivity contribution >= 4 is 17.3 Å². The largest absolute Gasteiger partial charge is 0.502 e. The predicted octanol–water partition coefficient (Wildman–Crippen LogP) is 2.57. The number of halogens is 1. The molecule has 4 nitrogen and oxygen atoms in total. The van der Waals surface area contributed by atoms with E-state index in [9.17, 15) is 15.2 Å². The maximum Gasteiger partial charge on any atom is 0.315 e. The van der Waals surface area contributed by atoms with Gasteiger partial charge in [-0.3, -0.25) is 10.1 Å². The topological polar surface area (TPSA) is 63.4 Å². The summed E-state index contributed by atoms with van der Waals surface area (Å²) in [4.78, 5) is 9.85. The Balaban J connectivity index is 3.53. The molecule has 0 unspecified atom stereocenters. The summed E-state index contributed by atoms with van der Waals surface area (Å²) in [5.74, 6) is -0.343. The molecule has 13 heavy (non-hydrogen) atoms. The standard InChI is InChI=1S/C8H8ClNO3/c1-4-3-6(11)8(10(12)13)5(2)7(4)9/h3,11H,1-2H3. The summed E-state index contributed by atoms with van der Waals surface area (Å²) >= 11 is 5.78. The van der Waals surface area contributed by atoms with Crippen LogP contribution in [-0.4, -0.2) is 10.0 Å². The van der Waals surface area contributed by atoms with Gasteiger partial charge in [0.25, 0.3) is 0 Å². The minimum absolute atomic E-state index is 0.296. The van der Waals surface area contributed by atoms with Crippen LogP contribution >= 0.6 is 11.6 Å². The highest BCUT2D eigenvalue weighted by molar-refractivity contribution is 6.32. The van der Waals surface area contributed by atoms with E-state index in [0.29, 0.717) is 16.1 Å². The van der Waals surface area contributed by atoms with E-state index in [1.807, 2.05) is 0 Å². The number of benzene rings is 1. The molecule has 0 saturated heterocycles. The molecule has 0 aromatic heterocycles. The van der Waals surface area contributed by atoms with Crippen LogP contribution in [0.3, 0.4) is 0 Å². The lowest BCUT2D eigenvalue weighted by atomic mass is 10.1. The second kappa shape index (κ2) is 3.22. The van der Waals surface area contributed by atoms with Crippen LogP contribution in [0.25, 0.3) is 0 Å². The molecule has 0 heterocycles. The highest BCUT2D eigenvalue weighted by Crippen LogP contribution is 2.36. The zero-order valence-electron chi connectivity index (χ0n) is 7.17. The van der Waals surface area contributed by atoms with Crippen LogP contribution in [0.2, 0.25) is 5.02 Å².